The third kappa shape index (κ3) is 6.35. The van der Waals surface area contributed by atoms with E-state index in [1.165, 1.54) is 19.1 Å². The molecule has 3 atom stereocenters. The molecular weight excluding hydrogens is 509 g/mol. The fourth-order valence-electron chi connectivity index (χ4n) is 5.84. The summed E-state index contributed by atoms with van der Waals surface area (Å²) < 4.78 is 43.7. The number of aliphatic hydroxyl groups is 1. The fraction of sp³-hybridized carbons (Fsp3) is 0.400. The molecule has 1 saturated carbocycles. The molecule has 2 aromatic rings. The van der Waals surface area contributed by atoms with Gasteiger partial charge >= 0.3 is 12.1 Å². The Morgan fingerprint density at radius 2 is 1.97 bits per heavy atom. The highest BCUT2D eigenvalue weighted by Gasteiger charge is 2.57. The number of alkyl halides is 3. The molecule has 1 amide bonds. The zero-order valence-corrected chi connectivity index (χ0v) is 21.7. The number of hydrogen-bond acceptors (Lipinski definition) is 5. The molecule has 206 valence electrons. The molecule has 1 aliphatic carbocycles. The Labute approximate surface area is 225 Å². The molecule has 0 spiro atoms. The van der Waals surface area contributed by atoms with Crippen LogP contribution in [0.3, 0.4) is 0 Å². The summed E-state index contributed by atoms with van der Waals surface area (Å²) in [5, 5.41) is 15.0. The number of hydrogen-bond donors (Lipinski definition) is 2. The van der Waals surface area contributed by atoms with Gasteiger partial charge in [0.2, 0.25) is 0 Å². The zero-order chi connectivity index (χ0) is 28.3. The molecule has 1 heterocycles. The number of ether oxygens (including phenoxy) is 1. The quantitative estimate of drug-likeness (QED) is 0.257. The first kappa shape index (κ1) is 28.4. The Morgan fingerprint density at radius 3 is 2.64 bits per heavy atom. The van der Waals surface area contributed by atoms with Crippen molar-refractivity contribution in [3.8, 4) is 17.6 Å². The van der Waals surface area contributed by atoms with Crippen molar-refractivity contribution in [2.75, 3.05) is 19.6 Å². The van der Waals surface area contributed by atoms with Crippen LogP contribution in [0.5, 0.6) is 5.75 Å². The van der Waals surface area contributed by atoms with Gasteiger partial charge in [-0.25, -0.2) is 0 Å². The van der Waals surface area contributed by atoms with Gasteiger partial charge in [0.05, 0.1) is 11.2 Å². The van der Waals surface area contributed by atoms with Crippen molar-refractivity contribution in [1.29, 1.82) is 0 Å². The van der Waals surface area contributed by atoms with Gasteiger partial charge in [0.15, 0.2) is 0 Å². The molecule has 0 radical (unpaired) electrons. The van der Waals surface area contributed by atoms with Crippen LogP contribution < -0.4 is 10.1 Å². The first-order chi connectivity index (χ1) is 18.4. The normalized spacial score (nSPS) is 25.0. The number of nitrogens with one attached hydrogen (secondary N) is 1. The van der Waals surface area contributed by atoms with E-state index in [4.69, 9.17) is 4.74 Å². The Hall–Kier alpha value is -3.61. The number of piperidine rings is 1. The Bertz CT molecular complexity index is 1300. The fourth-order valence-corrected chi connectivity index (χ4v) is 5.84. The summed E-state index contributed by atoms with van der Waals surface area (Å²) in [6.07, 6.45) is -0.624. The number of benzene rings is 2. The highest BCUT2D eigenvalue weighted by Crippen LogP contribution is 2.52. The van der Waals surface area contributed by atoms with Gasteiger partial charge < -0.3 is 15.2 Å². The van der Waals surface area contributed by atoms with Crippen LogP contribution in [0, 0.1) is 11.8 Å². The summed E-state index contributed by atoms with van der Waals surface area (Å²) in [7, 11) is 0. The minimum atomic E-state index is -4.44. The van der Waals surface area contributed by atoms with Gasteiger partial charge in [0, 0.05) is 43.0 Å². The van der Waals surface area contributed by atoms with Crippen molar-refractivity contribution < 1.29 is 32.6 Å². The number of halogens is 3. The summed E-state index contributed by atoms with van der Waals surface area (Å²) in [6.45, 7) is 6.93. The molecule has 2 fully saturated rings. The van der Waals surface area contributed by atoms with Gasteiger partial charge in [-0.05, 0) is 74.2 Å². The lowest BCUT2D eigenvalue weighted by Gasteiger charge is -2.58. The number of rotatable bonds is 5. The number of esters is 1. The average Bonchev–Trinajstić information content (AvgIpc) is 2.87. The molecule has 1 saturated heterocycles. The Balaban J connectivity index is 1.56. The molecule has 0 bridgehead atoms. The van der Waals surface area contributed by atoms with Crippen molar-refractivity contribution >= 4 is 11.9 Å². The van der Waals surface area contributed by atoms with Crippen LogP contribution in [-0.2, 0) is 21.2 Å². The molecule has 0 aromatic heterocycles. The average molecular weight is 541 g/mol. The van der Waals surface area contributed by atoms with Gasteiger partial charge in [0.1, 0.15) is 5.75 Å². The molecule has 2 aromatic carbocycles. The van der Waals surface area contributed by atoms with E-state index in [9.17, 15) is 27.9 Å². The lowest BCUT2D eigenvalue weighted by Crippen LogP contribution is -2.67. The summed E-state index contributed by atoms with van der Waals surface area (Å²) in [5.41, 5.74) is -1.45. The number of likely N-dealkylation sites (tertiary alicyclic amines) is 1. The number of carbonyl (C=O) groups is 2. The smallest absolute Gasteiger partial charge is 0.416 e. The standard InChI is InChI=1S/C30H31F3N2O4/c1-3-16-35-17-15-28(24-5-4-6-26(18-24)39-21(2)36)19-25(13-14-29(28,38)20-35)34-27(37)12-9-22-7-10-23(11-8-22)30(31,32)33/h3-8,10-11,18,25,38H,1,13-17,19-20H2,2H3,(H,34,37)/t25-,28-,29-/m0/s1. The second-order valence-electron chi connectivity index (χ2n) is 10.2. The van der Waals surface area contributed by atoms with Crippen LogP contribution in [-0.4, -0.2) is 53.2 Å². The minimum Gasteiger partial charge on any atom is -0.427 e. The molecule has 39 heavy (non-hydrogen) atoms. The monoisotopic (exact) mass is 540 g/mol. The van der Waals surface area contributed by atoms with Crippen LogP contribution in [0.15, 0.2) is 61.2 Å². The van der Waals surface area contributed by atoms with Gasteiger partial charge in [-0.2, -0.15) is 13.2 Å². The summed E-state index contributed by atoms with van der Waals surface area (Å²) >= 11 is 0. The Kier molecular flexibility index (Phi) is 8.19. The van der Waals surface area contributed by atoms with Gasteiger partial charge in [0.25, 0.3) is 5.91 Å². The third-order valence-corrected chi connectivity index (χ3v) is 7.64. The maximum absolute atomic E-state index is 12.8. The van der Waals surface area contributed by atoms with Crippen LogP contribution in [0.4, 0.5) is 13.2 Å². The van der Waals surface area contributed by atoms with Gasteiger partial charge in [-0.1, -0.05) is 24.1 Å². The maximum Gasteiger partial charge on any atom is 0.416 e. The van der Waals surface area contributed by atoms with Gasteiger partial charge in [-0.3, -0.25) is 14.5 Å². The highest BCUT2D eigenvalue weighted by molar-refractivity contribution is 5.94. The molecule has 4 rings (SSSR count). The third-order valence-electron chi connectivity index (χ3n) is 7.64. The maximum atomic E-state index is 12.8. The van der Waals surface area contributed by atoms with Gasteiger partial charge in [-0.15, -0.1) is 6.58 Å². The van der Waals surface area contributed by atoms with Crippen molar-refractivity contribution in [1.82, 2.24) is 10.2 Å². The number of fused-ring (bicyclic) bond motifs is 1. The van der Waals surface area contributed by atoms with E-state index in [0.717, 1.165) is 17.7 Å². The van der Waals surface area contributed by atoms with E-state index in [2.05, 4.69) is 28.6 Å². The summed E-state index contributed by atoms with van der Waals surface area (Å²) in [5.74, 6) is 4.49. The van der Waals surface area contributed by atoms with E-state index < -0.39 is 34.6 Å². The first-order valence-electron chi connectivity index (χ1n) is 12.8. The lowest BCUT2D eigenvalue weighted by molar-refractivity contribution is -0.137. The number of β-amino-alcohol motifs (C(OH)–C–C–N with tert-alkyl or cyclic N) is 1. The van der Waals surface area contributed by atoms with Crippen molar-refractivity contribution in [3.05, 3.63) is 77.9 Å². The predicted molar refractivity (Wildman–Crippen MR) is 140 cm³/mol. The van der Waals surface area contributed by atoms with E-state index in [-0.39, 0.29) is 6.04 Å². The van der Waals surface area contributed by atoms with Crippen molar-refractivity contribution in [3.63, 3.8) is 0 Å². The molecule has 9 heteroatoms. The van der Waals surface area contributed by atoms with E-state index in [0.29, 0.717) is 56.6 Å². The molecular formula is C30H31F3N2O4. The van der Waals surface area contributed by atoms with Crippen LogP contribution in [0.25, 0.3) is 0 Å². The minimum absolute atomic E-state index is 0.289. The van der Waals surface area contributed by atoms with E-state index in [1.54, 1.807) is 24.3 Å². The second kappa shape index (κ2) is 11.2. The second-order valence-corrected chi connectivity index (χ2v) is 10.2. The molecule has 6 nitrogen and oxygen atoms in total. The van der Waals surface area contributed by atoms with Crippen LogP contribution in [0.1, 0.15) is 49.3 Å². The molecule has 0 unspecified atom stereocenters. The number of carbonyl (C=O) groups excluding carboxylic acids is 2. The number of amides is 1. The van der Waals surface area contributed by atoms with Crippen LogP contribution >= 0.6 is 0 Å². The summed E-state index contributed by atoms with van der Waals surface area (Å²) in [4.78, 5) is 26.4. The molecule has 1 aliphatic heterocycles. The van der Waals surface area contributed by atoms with E-state index in [1.807, 2.05) is 6.07 Å². The number of nitrogens with zero attached hydrogens (tertiary/aromatic N) is 1. The van der Waals surface area contributed by atoms with Crippen molar-refractivity contribution in [2.24, 2.45) is 0 Å². The van der Waals surface area contributed by atoms with Crippen molar-refractivity contribution in [2.45, 2.75) is 55.8 Å². The lowest BCUT2D eigenvalue weighted by atomic mass is 9.55. The molecule has 2 N–H and O–H groups in total. The Morgan fingerprint density at radius 1 is 1.23 bits per heavy atom. The highest BCUT2D eigenvalue weighted by atomic mass is 19.4. The zero-order valence-electron chi connectivity index (χ0n) is 21.7. The topological polar surface area (TPSA) is 78.9 Å². The first-order valence-corrected chi connectivity index (χ1v) is 12.8. The molecule has 2 aliphatic rings. The van der Waals surface area contributed by atoms with E-state index >= 15 is 0 Å². The largest absolute Gasteiger partial charge is 0.427 e. The van der Waals surface area contributed by atoms with Crippen LogP contribution in [0.2, 0.25) is 0 Å². The SMILES string of the molecule is C=CCN1CC[C@@]2(c3cccc(OC(C)=O)c3)C[C@@H](NC(=O)C#Cc3ccc(C(F)(F)F)cc3)CC[C@]2(O)C1. The summed E-state index contributed by atoms with van der Waals surface area (Å²) in [6, 6.07) is 11.2. The predicted octanol–water partition coefficient (Wildman–Crippen LogP) is 4.21.